The lowest BCUT2D eigenvalue weighted by atomic mass is 10.2. The third-order valence-electron chi connectivity index (χ3n) is 2.57. The zero-order chi connectivity index (χ0) is 14.7. The molecule has 0 amide bonds. The Kier molecular flexibility index (Phi) is 3.84. The summed E-state index contributed by atoms with van der Waals surface area (Å²) in [5.41, 5.74) is 0.879. The molecule has 0 saturated carbocycles. The van der Waals surface area contributed by atoms with Gasteiger partial charge in [-0.05, 0) is 32.0 Å². The summed E-state index contributed by atoms with van der Waals surface area (Å²) in [4.78, 5) is 19.3. The highest BCUT2D eigenvalue weighted by Gasteiger charge is 2.12. The van der Waals surface area contributed by atoms with Crippen molar-refractivity contribution in [2.24, 2.45) is 0 Å². The van der Waals surface area contributed by atoms with Crippen LogP contribution < -0.4 is 9.47 Å². The van der Waals surface area contributed by atoms with Gasteiger partial charge in [0, 0.05) is 11.8 Å². The van der Waals surface area contributed by atoms with Crippen molar-refractivity contribution in [3.8, 4) is 17.4 Å². The minimum absolute atomic E-state index is 0.114. The fraction of sp³-hybridized carbons (Fsp3) is 0.214. The Morgan fingerprint density at radius 1 is 1.15 bits per heavy atom. The first-order valence-corrected chi connectivity index (χ1v) is 5.91. The molecule has 0 spiro atoms. The maximum absolute atomic E-state index is 11.0. The molecule has 104 valence electrons. The third kappa shape index (κ3) is 3.03. The van der Waals surface area contributed by atoms with E-state index in [2.05, 4.69) is 9.97 Å². The van der Waals surface area contributed by atoms with E-state index in [-0.39, 0.29) is 5.56 Å². The molecule has 1 aromatic carbocycles. The maximum atomic E-state index is 11.0. The SMILES string of the molecule is COc1ccc(C(=O)O)cc1Oc1cc(C)nc(C)n1. The fourth-order valence-electron chi connectivity index (χ4n) is 1.74. The molecule has 0 aliphatic heterocycles. The highest BCUT2D eigenvalue weighted by molar-refractivity contribution is 5.88. The fourth-order valence-corrected chi connectivity index (χ4v) is 1.74. The van der Waals surface area contributed by atoms with Crippen molar-refractivity contribution in [2.75, 3.05) is 7.11 Å². The molecule has 0 radical (unpaired) electrons. The molecule has 2 aromatic rings. The number of aromatic carboxylic acids is 1. The van der Waals surface area contributed by atoms with Gasteiger partial charge in [-0.25, -0.2) is 9.78 Å². The van der Waals surface area contributed by atoms with Gasteiger partial charge in [-0.3, -0.25) is 0 Å². The van der Waals surface area contributed by atoms with Crippen LogP contribution in [0, 0.1) is 13.8 Å². The topological polar surface area (TPSA) is 81.5 Å². The van der Waals surface area contributed by atoms with E-state index < -0.39 is 5.97 Å². The molecular formula is C14H14N2O4. The second-order valence-corrected chi connectivity index (χ2v) is 4.17. The number of ether oxygens (including phenoxy) is 2. The van der Waals surface area contributed by atoms with Crippen LogP contribution in [0.1, 0.15) is 21.9 Å². The van der Waals surface area contributed by atoms with Crippen LogP contribution in [0.25, 0.3) is 0 Å². The molecule has 6 nitrogen and oxygen atoms in total. The number of aryl methyl sites for hydroxylation is 2. The van der Waals surface area contributed by atoms with Crippen LogP contribution in [0.15, 0.2) is 24.3 Å². The first-order chi connectivity index (χ1) is 9.49. The second-order valence-electron chi connectivity index (χ2n) is 4.17. The molecule has 0 bridgehead atoms. The number of benzene rings is 1. The van der Waals surface area contributed by atoms with Gasteiger partial charge in [0.15, 0.2) is 11.5 Å². The van der Waals surface area contributed by atoms with E-state index in [0.717, 1.165) is 5.69 Å². The lowest BCUT2D eigenvalue weighted by Gasteiger charge is -2.11. The van der Waals surface area contributed by atoms with Crippen LogP contribution in [0.3, 0.4) is 0 Å². The lowest BCUT2D eigenvalue weighted by molar-refractivity contribution is 0.0696. The Morgan fingerprint density at radius 2 is 1.90 bits per heavy atom. The number of carboxylic acid groups (broad SMARTS) is 1. The maximum Gasteiger partial charge on any atom is 0.335 e. The van der Waals surface area contributed by atoms with Gasteiger partial charge in [0.25, 0.3) is 0 Å². The summed E-state index contributed by atoms with van der Waals surface area (Å²) in [6.45, 7) is 3.58. The van der Waals surface area contributed by atoms with E-state index in [1.165, 1.54) is 19.2 Å². The number of rotatable bonds is 4. The normalized spacial score (nSPS) is 10.2. The molecule has 6 heteroatoms. The van der Waals surface area contributed by atoms with Gasteiger partial charge in [-0.1, -0.05) is 0 Å². The molecule has 0 saturated heterocycles. The first kappa shape index (κ1) is 13.8. The largest absolute Gasteiger partial charge is 0.493 e. The summed E-state index contributed by atoms with van der Waals surface area (Å²) in [6, 6.07) is 6.05. The quantitative estimate of drug-likeness (QED) is 0.922. The molecule has 0 aliphatic carbocycles. The zero-order valence-electron chi connectivity index (χ0n) is 11.4. The van der Waals surface area contributed by atoms with Crippen LogP contribution in [0.5, 0.6) is 17.4 Å². The summed E-state index contributed by atoms with van der Waals surface area (Å²) < 4.78 is 10.8. The number of hydrogen-bond acceptors (Lipinski definition) is 5. The standard InChI is InChI=1S/C14H14N2O4/c1-8-6-13(16-9(2)15-8)20-12-7-10(14(17)18)4-5-11(12)19-3/h4-7H,1-3H3,(H,17,18). The van der Waals surface area contributed by atoms with Crippen LogP contribution in [0.4, 0.5) is 0 Å². The van der Waals surface area contributed by atoms with Gasteiger partial charge in [-0.2, -0.15) is 4.98 Å². The molecule has 1 aromatic heterocycles. The molecule has 1 N–H and O–H groups in total. The summed E-state index contributed by atoms with van der Waals surface area (Å²) in [5, 5.41) is 9.01. The van der Waals surface area contributed by atoms with Gasteiger partial charge < -0.3 is 14.6 Å². The second kappa shape index (κ2) is 5.56. The number of nitrogens with zero attached hydrogens (tertiary/aromatic N) is 2. The van der Waals surface area contributed by atoms with Crippen LogP contribution in [0.2, 0.25) is 0 Å². The molecule has 1 heterocycles. The molecule has 0 aliphatic rings. The number of carbonyl (C=O) groups is 1. The lowest BCUT2D eigenvalue weighted by Crippen LogP contribution is -2.00. The Balaban J connectivity index is 2.40. The van der Waals surface area contributed by atoms with Crippen LogP contribution >= 0.6 is 0 Å². The Hall–Kier alpha value is -2.63. The predicted octanol–water partition coefficient (Wildman–Crippen LogP) is 2.59. The van der Waals surface area contributed by atoms with E-state index in [0.29, 0.717) is 23.2 Å². The van der Waals surface area contributed by atoms with Crippen molar-refractivity contribution >= 4 is 5.97 Å². The predicted molar refractivity (Wildman–Crippen MR) is 71.5 cm³/mol. The van der Waals surface area contributed by atoms with E-state index >= 15 is 0 Å². The van der Waals surface area contributed by atoms with E-state index in [9.17, 15) is 4.79 Å². The Bertz CT molecular complexity index is 635. The van der Waals surface area contributed by atoms with Gasteiger partial charge >= 0.3 is 5.97 Å². The molecule has 2 rings (SSSR count). The van der Waals surface area contributed by atoms with Gasteiger partial charge in [-0.15, -0.1) is 0 Å². The Labute approximate surface area is 116 Å². The number of aromatic nitrogens is 2. The Morgan fingerprint density at radius 3 is 2.50 bits per heavy atom. The van der Waals surface area contributed by atoms with Gasteiger partial charge in [0.05, 0.1) is 12.7 Å². The molecule has 0 fully saturated rings. The highest BCUT2D eigenvalue weighted by atomic mass is 16.5. The van der Waals surface area contributed by atoms with Crippen molar-refractivity contribution in [1.29, 1.82) is 0 Å². The molecule has 0 unspecified atom stereocenters. The molecule has 20 heavy (non-hydrogen) atoms. The van der Waals surface area contributed by atoms with Crippen molar-refractivity contribution < 1.29 is 19.4 Å². The summed E-state index contributed by atoms with van der Waals surface area (Å²) >= 11 is 0. The highest BCUT2D eigenvalue weighted by Crippen LogP contribution is 2.31. The number of methoxy groups -OCH3 is 1. The van der Waals surface area contributed by atoms with Gasteiger partial charge in [0.1, 0.15) is 5.82 Å². The van der Waals surface area contributed by atoms with Crippen LogP contribution in [-0.4, -0.2) is 28.2 Å². The summed E-state index contributed by atoms with van der Waals surface area (Å²) in [5.74, 6) is 0.616. The van der Waals surface area contributed by atoms with E-state index in [1.54, 1.807) is 19.1 Å². The first-order valence-electron chi connectivity index (χ1n) is 5.91. The zero-order valence-corrected chi connectivity index (χ0v) is 11.4. The number of carboxylic acids is 1. The minimum Gasteiger partial charge on any atom is -0.493 e. The average molecular weight is 274 g/mol. The van der Waals surface area contributed by atoms with Crippen molar-refractivity contribution in [2.45, 2.75) is 13.8 Å². The summed E-state index contributed by atoms with van der Waals surface area (Å²) in [7, 11) is 1.49. The average Bonchev–Trinajstić information content (AvgIpc) is 2.37. The third-order valence-corrected chi connectivity index (χ3v) is 2.57. The monoisotopic (exact) mass is 274 g/mol. The summed E-state index contributed by atoms with van der Waals surface area (Å²) in [6.07, 6.45) is 0. The van der Waals surface area contributed by atoms with Crippen molar-refractivity contribution in [3.05, 3.63) is 41.3 Å². The van der Waals surface area contributed by atoms with Crippen molar-refractivity contribution in [1.82, 2.24) is 9.97 Å². The molecule has 0 atom stereocenters. The van der Waals surface area contributed by atoms with E-state index in [4.69, 9.17) is 14.6 Å². The number of hydrogen-bond donors (Lipinski definition) is 1. The van der Waals surface area contributed by atoms with Gasteiger partial charge in [0.2, 0.25) is 5.88 Å². The van der Waals surface area contributed by atoms with Crippen LogP contribution in [-0.2, 0) is 0 Å². The van der Waals surface area contributed by atoms with E-state index in [1.807, 2.05) is 6.92 Å². The minimum atomic E-state index is -1.03. The smallest absolute Gasteiger partial charge is 0.335 e. The van der Waals surface area contributed by atoms with Crippen molar-refractivity contribution in [3.63, 3.8) is 0 Å². The molecular weight excluding hydrogens is 260 g/mol.